The molecule has 0 bridgehead atoms. The molecule has 4 aromatic rings. The lowest BCUT2D eigenvalue weighted by Gasteiger charge is -2.03. The molecule has 0 radical (unpaired) electrons. The predicted octanol–water partition coefficient (Wildman–Crippen LogP) is 4.69. The van der Waals surface area contributed by atoms with Crippen molar-refractivity contribution in [3.05, 3.63) is 59.1 Å². The molecular weight excluding hydrogens is 336 g/mol. The lowest BCUT2D eigenvalue weighted by molar-refractivity contribution is 0.793. The molecule has 0 saturated carbocycles. The number of aromatic nitrogens is 4. The van der Waals surface area contributed by atoms with Gasteiger partial charge in [-0.05, 0) is 19.1 Å². The van der Waals surface area contributed by atoms with E-state index in [9.17, 15) is 0 Å². The molecule has 0 atom stereocenters. The quantitative estimate of drug-likeness (QED) is 0.500. The molecule has 0 aliphatic rings. The molecule has 2 aromatic carbocycles. The van der Waals surface area contributed by atoms with E-state index in [4.69, 9.17) is 0 Å². The molecule has 0 saturated heterocycles. The maximum Gasteiger partial charge on any atom is 0.191 e. The van der Waals surface area contributed by atoms with Gasteiger partial charge in [0.05, 0.1) is 16.0 Å². The summed E-state index contributed by atoms with van der Waals surface area (Å²) >= 11 is 3.41. The van der Waals surface area contributed by atoms with Crippen molar-refractivity contribution >= 4 is 33.3 Å². The van der Waals surface area contributed by atoms with E-state index in [1.807, 2.05) is 23.7 Å². The Kier molecular flexibility index (Phi) is 4.08. The molecule has 2 aromatic heterocycles. The monoisotopic (exact) mass is 352 g/mol. The summed E-state index contributed by atoms with van der Waals surface area (Å²) in [6.07, 6.45) is 0. The van der Waals surface area contributed by atoms with Crippen LogP contribution < -0.4 is 0 Å². The number of thiazole rings is 1. The summed E-state index contributed by atoms with van der Waals surface area (Å²) in [5.41, 5.74) is 3.39. The average molecular weight is 352 g/mol. The van der Waals surface area contributed by atoms with Crippen LogP contribution in [0.1, 0.15) is 10.6 Å². The van der Waals surface area contributed by atoms with Crippen LogP contribution in [0, 0.1) is 6.92 Å². The van der Waals surface area contributed by atoms with Gasteiger partial charge in [-0.3, -0.25) is 0 Å². The number of para-hydroxylation sites is 1. The Bertz CT molecular complexity index is 953. The Morgan fingerprint density at radius 3 is 2.62 bits per heavy atom. The molecule has 0 amide bonds. The van der Waals surface area contributed by atoms with E-state index in [1.165, 1.54) is 10.3 Å². The summed E-state index contributed by atoms with van der Waals surface area (Å²) in [4.78, 5) is 4.67. The van der Waals surface area contributed by atoms with E-state index < -0.39 is 0 Å². The highest BCUT2D eigenvalue weighted by molar-refractivity contribution is 7.98. The summed E-state index contributed by atoms with van der Waals surface area (Å²) in [7, 11) is 2.01. The van der Waals surface area contributed by atoms with Crippen molar-refractivity contribution in [1.29, 1.82) is 0 Å². The average Bonchev–Trinajstić information content (AvgIpc) is 3.17. The summed E-state index contributed by atoms with van der Waals surface area (Å²) in [6.45, 7) is 2.08. The Morgan fingerprint density at radius 2 is 1.83 bits per heavy atom. The lowest BCUT2D eigenvalue weighted by atomic mass is 10.1. The van der Waals surface area contributed by atoms with Crippen molar-refractivity contribution < 1.29 is 0 Å². The second-order valence-electron chi connectivity index (χ2n) is 5.60. The molecule has 6 heteroatoms. The van der Waals surface area contributed by atoms with Gasteiger partial charge < -0.3 is 4.57 Å². The van der Waals surface area contributed by atoms with Crippen LogP contribution in [0.3, 0.4) is 0 Å². The first-order valence-corrected chi connectivity index (χ1v) is 9.44. The van der Waals surface area contributed by atoms with E-state index in [2.05, 4.69) is 58.5 Å². The number of nitrogens with zero attached hydrogens (tertiary/aromatic N) is 4. The highest BCUT2D eigenvalue weighted by atomic mass is 32.2. The zero-order valence-corrected chi connectivity index (χ0v) is 15.1. The maximum atomic E-state index is 4.67. The molecule has 24 heavy (non-hydrogen) atoms. The van der Waals surface area contributed by atoms with Crippen molar-refractivity contribution in [3.8, 4) is 11.4 Å². The number of benzene rings is 2. The van der Waals surface area contributed by atoms with Gasteiger partial charge in [-0.2, -0.15) is 0 Å². The number of rotatable bonds is 4. The van der Waals surface area contributed by atoms with Crippen LogP contribution in [-0.2, 0) is 12.8 Å². The minimum atomic E-state index is 0.805. The zero-order valence-electron chi connectivity index (χ0n) is 13.4. The second-order valence-corrected chi connectivity index (χ2v) is 7.65. The van der Waals surface area contributed by atoms with Crippen molar-refractivity contribution in [2.75, 3.05) is 0 Å². The van der Waals surface area contributed by atoms with Gasteiger partial charge in [-0.25, -0.2) is 4.98 Å². The van der Waals surface area contributed by atoms with Crippen LogP contribution in [0.15, 0.2) is 53.7 Å². The van der Waals surface area contributed by atoms with Crippen LogP contribution in [0.25, 0.3) is 21.6 Å². The third-order valence-corrected chi connectivity index (χ3v) is 6.06. The van der Waals surface area contributed by atoms with Gasteiger partial charge in [0.15, 0.2) is 11.0 Å². The molecule has 0 spiro atoms. The molecule has 120 valence electrons. The van der Waals surface area contributed by atoms with Crippen LogP contribution in [0.4, 0.5) is 0 Å². The van der Waals surface area contributed by atoms with Gasteiger partial charge in [0.25, 0.3) is 0 Å². The van der Waals surface area contributed by atoms with Crippen molar-refractivity contribution in [3.63, 3.8) is 0 Å². The van der Waals surface area contributed by atoms with Crippen LogP contribution in [-0.4, -0.2) is 19.7 Å². The topological polar surface area (TPSA) is 43.6 Å². The van der Waals surface area contributed by atoms with Gasteiger partial charge in [0.2, 0.25) is 0 Å². The maximum absolute atomic E-state index is 4.67. The van der Waals surface area contributed by atoms with E-state index in [-0.39, 0.29) is 0 Å². The number of hydrogen-bond donors (Lipinski definition) is 0. The Morgan fingerprint density at radius 1 is 1.04 bits per heavy atom. The molecule has 0 unspecified atom stereocenters. The fourth-order valence-electron chi connectivity index (χ4n) is 2.50. The Labute approximate surface area is 148 Å². The highest BCUT2D eigenvalue weighted by Crippen LogP contribution is 2.29. The van der Waals surface area contributed by atoms with Crippen molar-refractivity contribution in [2.24, 2.45) is 7.05 Å². The molecule has 0 aliphatic carbocycles. The first-order chi connectivity index (χ1) is 11.7. The smallest absolute Gasteiger partial charge is 0.191 e. The largest absolute Gasteiger partial charge is 0.305 e. The normalized spacial score (nSPS) is 11.2. The van der Waals surface area contributed by atoms with Crippen LogP contribution in [0.2, 0.25) is 0 Å². The molecule has 0 N–H and O–H groups in total. The van der Waals surface area contributed by atoms with E-state index in [0.717, 1.165) is 32.8 Å². The third kappa shape index (κ3) is 2.95. The summed E-state index contributed by atoms with van der Waals surface area (Å²) in [5, 5.41) is 10.7. The van der Waals surface area contributed by atoms with E-state index in [1.54, 1.807) is 23.1 Å². The van der Waals surface area contributed by atoms with Crippen LogP contribution >= 0.6 is 23.1 Å². The minimum Gasteiger partial charge on any atom is -0.305 e. The minimum absolute atomic E-state index is 0.805. The highest BCUT2D eigenvalue weighted by Gasteiger charge is 2.12. The van der Waals surface area contributed by atoms with Crippen molar-refractivity contribution in [2.45, 2.75) is 17.8 Å². The molecule has 0 fully saturated rings. The standard InChI is InChI=1S/C18H16N4S2/c1-12-7-9-13(10-8-12)17-20-21-18(22(17)2)23-11-16-19-14-5-3-4-6-15(14)24-16/h3-10H,11H2,1-2H3. The van der Waals surface area contributed by atoms with Gasteiger partial charge >= 0.3 is 0 Å². The van der Waals surface area contributed by atoms with Gasteiger partial charge in [0.1, 0.15) is 5.01 Å². The molecule has 4 rings (SSSR count). The first-order valence-electron chi connectivity index (χ1n) is 7.64. The van der Waals surface area contributed by atoms with Gasteiger partial charge in [0, 0.05) is 12.6 Å². The molecule has 2 heterocycles. The number of thioether (sulfide) groups is 1. The molecule has 4 nitrogen and oxygen atoms in total. The predicted molar refractivity (Wildman–Crippen MR) is 100 cm³/mol. The van der Waals surface area contributed by atoms with Gasteiger partial charge in [-0.1, -0.05) is 53.7 Å². The number of hydrogen-bond acceptors (Lipinski definition) is 5. The van der Waals surface area contributed by atoms with Gasteiger partial charge in [-0.15, -0.1) is 21.5 Å². The molecule has 0 aliphatic heterocycles. The van der Waals surface area contributed by atoms with Crippen molar-refractivity contribution in [1.82, 2.24) is 19.7 Å². The fraction of sp³-hybridized carbons (Fsp3) is 0.167. The van der Waals surface area contributed by atoms with E-state index in [0.29, 0.717) is 0 Å². The summed E-state index contributed by atoms with van der Waals surface area (Å²) in [5.74, 6) is 1.70. The Balaban J connectivity index is 1.54. The first kappa shape index (κ1) is 15.4. The SMILES string of the molecule is Cc1ccc(-c2nnc(SCc3nc4ccccc4s3)n2C)cc1. The lowest BCUT2D eigenvalue weighted by Crippen LogP contribution is -1.95. The fourth-order valence-corrected chi connectivity index (χ4v) is 4.37. The van der Waals surface area contributed by atoms with E-state index >= 15 is 0 Å². The Hall–Kier alpha value is -2.18. The number of fused-ring (bicyclic) bond motifs is 1. The second kappa shape index (κ2) is 6.37. The number of aryl methyl sites for hydroxylation is 1. The summed E-state index contributed by atoms with van der Waals surface area (Å²) in [6, 6.07) is 16.6. The summed E-state index contributed by atoms with van der Waals surface area (Å²) < 4.78 is 3.27. The third-order valence-electron chi connectivity index (χ3n) is 3.81. The zero-order chi connectivity index (χ0) is 16.5. The molecular formula is C18H16N4S2. The van der Waals surface area contributed by atoms with Crippen LogP contribution in [0.5, 0.6) is 0 Å².